The summed E-state index contributed by atoms with van der Waals surface area (Å²) in [6.07, 6.45) is -0.243. The quantitative estimate of drug-likeness (QED) is 0.623. The van der Waals surface area contributed by atoms with E-state index < -0.39 is 0 Å². The summed E-state index contributed by atoms with van der Waals surface area (Å²) >= 11 is 6.92. The molecule has 0 saturated heterocycles. The van der Waals surface area contributed by atoms with E-state index in [4.69, 9.17) is 16.3 Å². The van der Waals surface area contributed by atoms with Gasteiger partial charge in [0.1, 0.15) is 16.8 Å². The van der Waals surface area contributed by atoms with Crippen LogP contribution in [0.2, 0.25) is 0 Å². The Kier molecular flexibility index (Phi) is 4.47. The van der Waals surface area contributed by atoms with Crippen LogP contribution in [0.1, 0.15) is 27.2 Å². The minimum atomic E-state index is -0.243. The van der Waals surface area contributed by atoms with E-state index in [1.165, 1.54) is 11.3 Å². The van der Waals surface area contributed by atoms with Gasteiger partial charge in [-0.3, -0.25) is 4.79 Å². The molecular formula is C13H12ClNO2S. The van der Waals surface area contributed by atoms with Crippen LogP contribution in [0, 0.1) is 0 Å². The fourth-order valence-corrected chi connectivity index (χ4v) is 2.67. The Morgan fingerprint density at radius 1 is 1.44 bits per heavy atom. The predicted molar refractivity (Wildman–Crippen MR) is 72.5 cm³/mol. The van der Waals surface area contributed by atoms with Crippen LogP contribution in [0.25, 0.3) is 0 Å². The number of ether oxygens (including phenoxy) is 1. The summed E-state index contributed by atoms with van der Waals surface area (Å²) in [5, 5.41) is 2.48. The second-order valence-electron chi connectivity index (χ2n) is 3.65. The smallest absolute Gasteiger partial charge is 0.196 e. The van der Waals surface area contributed by atoms with Crippen molar-refractivity contribution in [2.75, 3.05) is 13.0 Å². The van der Waals surface area contributed by atoms with Crippen LogP contribution in [0.3, 0.4) is 0 Å². The van der Waals surface area contributed by atoms with Gasteiger partial charge < -0.3 is 4.74 Å². The Labute approximate surface area is 114 Å². The average Bonchev–Trinajstić information content (AvgIpc) is 2.89. The van der Waals surface area contributed by atoms with Crippen LogP contribution in [0.15, 0.2) is 35.7 Å². The van der Waals surface area contributed by atoms with Crippen molar-refractivity contribution >= 4 is 28.7 Å². The summed E-state index contributed by atoms with van der Waals surface area (Å²) in [6.45, 7) is 0. The van der Waals surface area contributed by atoms with Gasteiger partial charge in [0.05, 0.1) is 5.88 Å². The molecule has 5 heteroatoms. The third-order valence-electron chi connectivity index (χ3n) is 2.49. The molecule has 1 aromatic carbocycles. The summed E-state index contributed by atoms with van der Waals surface area (Å²) < 4.78 is 5.45. The normalized spacial score (nSPS) is 12.3. The lowest BCUT2D eigenvalue weighted by atomic mass is 10.1. The number of thiazole rings is 1. The SMILES string of the molecule is COC(c1ccccc1)c1nc(C(=O)CCl)cs1. The third kappa shape index (κ3) is 2.77. The molecule has 94 valence electrons. The second kappa shape index (κ2) is 6.09. The lowest BCUT2D eigenvalue weighted by molar-refractivity contribution is 0.101. The maximum absolute atomic E-state index is 11.4. The van der Waals surface area contributed by atoms with Crippen molar-refractivity contribution in [1.82, 2.24) is 4.98 Å². The third-order valence-corrected chi connectivity index (χ3v) is 3.62. The number of carbonyl (C=O) groups excluding carboxylic acids is 1. The molecular weight excluding hydrogens is 270 g/mol. The van der Waals surface area contributed by atoms with Crippen LogP contribution < -0.4 is 0 Å². The molecule has 0 fully saturated rings. The zero-order chi connectivity index (χ0) is 13.0. The standard InChI is InChI=1S/C13H12ClNO2S/c1-17-12(9-5-3-2-4-6-9)13-15-10(8-18-13)11(16)7-14/h2-6,8,12H,7H2,1H3. The fourth-order valence-electron chi connectivity index (χ4n) is 1.61. The van der Waals surface area contributed by atoms with Crippen LogP contribution in [0.4, 0.5) is 0 Å². The van der Waals surface area contributed by atoms with E-state index in [1.54, 1.807) is 12.5 Å². The van der Waals surface area contributed by atoms with Crippen molar-refractivity contribution in [3.8, 4) is 0 Å². The van der Waals surface area contributed by atoms with Gasteiger partial charge in [-0.1, -0.05) is 30.3 Å². The van der Waals surface area contributed by atoms with E-state index in [9.17, 15) is 4.79 Å². The van der Waals surface area contributed by atoms with E-state index in [2.05, 4.69) is 4.98 Å². The molecule has 0 aliphatic carbocycles. The average molecular weight is 282 g/mol. The molecule has 0 saturated carbocycles. The molecule has 2 rings (SSSR count). The van der Waals surface area contributed by atoms with Crippen molar-refractivity contribution in [3.05, 3.63) is 52.0 Å². The first-order chi connectivity index (χ1) is 8.76. The zero-order valence-corrected chi connectivity index (χ0v) is 11.4. The minimum Gasteiger partial charge on any atom is -0.370 e. The lowest BCUT2D eigenvalue weighted by Gasteiger charge is -2.12. The lowest BCUT2D eigenvalue weighted by Crippen LogP contribution is -2.05. The monoisotopic (exact) mass is 281 g/mol. The first-order valence-electron chi connectivity index (χ1n) is 5.38. The van der Waals surface area contributed by atoms with Gasteiger partial charge in [-0.2, -0.15) is 0 Å². The summed E-state index contributed by atoms with van der Waals surface area (Å²) in [7, 11) is 1.63. The first-order valence-corrected chi connectivity index (χ1v) is 6.80. The van der Waals surface area contributed by atoms with Gasteiger partial charge in [0.25, 0.3) is 0 Å². The van der Waals surface area contributed by atoms with Crippen molar-refractivity contribution in [2.45, 2.75) is 6.10 Å². The predicted octanol–water partition coefficient (Wildman–Crippen LogP) is 3.30. The Bertz CT molecular complexity index is 527. The van der Waals surface area contributed by atoms with Crippen molar-refractivity contribution in [1.29, 1.82) is 0 Å². The summed E-state index contributed by atoms with van der Waals surface area (Å²) in [5.41, 5.74) is 1.42. The van der Waals surface area contributed by atoms with Gasteiger partial charge in [0, 0.05) is 12.5 Å². The van der Waals surface area contributed by atoms with E-state index >= 15 is 0 Å². The van der Waals surface area contributed by atoms with Crippen LogP contribution >= 0.6 is 22.9 Å². The number of benzene rings is 1. The molecule has 3 nitrogen and oxygen atoms in total. The number of carbonyl (C=O) groups is 1. The Morgan fingerprint density at radius 2 is 2.17 bits per heavy atom. The number of halogens is 1. The van der Waals surface area contributed by atoms with Crippen LogP contribution in [0.5, 0.6) is 0 Å². The number of ketones is 1. The number of hydrogen-bond acceptors (Lipinski definition) is 4. The van der Waals surface area contributed by atoms with E-state index in [-0.39, 0.29) is 17.8 Å². The molecule has 0 spiro atoms. The van der Waals surface area contributed by atoms with Crippen molar-refractivity contribution in [2.24, 2.45) is 0 Å². The number of methoxy groups -OCH3 is 1. The maximum Gasteiger partial charge on any atom is 0.196 e. The Balaban J connectivity index is 2.29. The summed E-state index contributed by atoms with van der Waals surface area (Å²) in [6, 6.07) is 9.78. The van der Waals surface area contributed by atoms with Gasteiger partial charge in [-0.25, -0.2) is 4.98 Å². The van der Waals surface area contributed by atoms with Gasteiger partial charge >= 0.3 is 0 Å². The Hall–Kier alpha value is -1.23. The van der Waals surface area contributed by atoms with Crippen molar-refractivity contribution < 1.29 is 9.53 Å². The first kappa shape index (κ1) is 13.2. The molecule has 0 amide bonds. The summed E-state index contributed by atoms with van der Waals surface area (Å²) in [4.78, 5) is 15.7. The van der Waals surface area contributed by atoms with Crippen LogP contribution in [-0.4, -0.2) is 23.8 Å². The minimum absolute atomic E-state index is 0.0494. The number of hydrogen-bond donors (Lipinski definition) is 0. The molecule has 18 heavy (non-hydrogen) atoms. The highest BCUT2D eigenvalue weighted by atomic mass is 35.5. The molecule has 1 aromatic heterocycles. The van der Waals surface area contributed by atoms with E-state index in [0.29, 0.717) is 5.69 Å². The molecule has 2 aromatic rings. The zero-order valence-electron chi connectivity index (χ0n) is 9.80. The molecule has 0 bridgehead atoms. The summed E-state index contributed by atoms with van der Waals surface area (Å²) in [5.74, 6) is -0.214. The van der Waals surface area contributed by atoms with E-state index in [0.717, 1.165) is 10.6 Å². The highest BCUT2D eigenvalue weighted by Gasteiger charge is 2.18. The molecule has 1 heterocycles. The molecule has 0 aliphatic heterocycles. The molecule has 1 unspecified atom stereocenters. The van der Waals surface area contributed by atoms with Crippen molar-refractivity contribution in [3.63, 3.8) is 0 Å². The maximum atomic E-state index is 11.4. The number of nitrogens with zero attached hydrogens (tertiary/aromatic N) is 1. The second-order valence-corrected chi connectivity index (χ2v) is 4.81. The van der Waals surface area contributed by atoms with E-state index in [1.807, 2.05) is 30.3 Å². The molecule has 0 N–H and O–H groups in total. The number of alkyl halides is 1. The largest absolute Gasteiger partial charge is 0.370 e. The molecule has 1 atom stereocenters. The van der Waals surface area contributed by atoms with Gasteiger partial charge in [0.2, 0.25) is 0 Å². The highest BCUT2D eigenvalue weighted by molar-refractivity contribution is 7.10. The number of aromatic nitrogens is 1. The fraction of sp³-hybridized carbons (Fsp3) is 0.231. The molecule has 0 aliphatic rings. The van der Waals surface area contributed by atoms with Crippen LogP contribution in [-0.2, 0) is 4.74 Å². The van der Waals surface area contributed by atoms with Gasteiger partial charge in [-0.05, 0) is 5.56 Å². The Morgan fingerprint density at radius 3 is 2.78 bits per heavy atom. The highest BCUT2D eigenvalue weighted by Crippen LogP contribution is 2.27. The topological polar surface area (TPSA) is 39.2 Å². The molecule has 0 radical (unpaired) electrons. The number of Topliss-reactive ketones (excluding diaryl/α,β-unsaturated/α-hetero) is 1. The number of rotatable bonds is 5. The van der Waals surface area contributed by atoms with Gasteiger partial charge in [-0.15, -0.1) is 22.9 Å². The van der Waals surface area contributed by atoms with Gasteiger partial charge in [0.15, 0.2) is 5.78 Å².